The van der Waals surface area contributed by atoms with E-state index in [2.05, 4.69) is 25.1 Å². The highest BCUT2D eigenvalue weighted by Crippen LogP contribution is 2.20. The number of aromatic nitrogens is 4. The Morgan fingerprint density at radius 2 is 1.96 bits per heavy atom. The van der Waals surface area contributed by atoms with E-state index < -0.39 is 0 Å². The van der Waals surface area contributed by atoms with E-state index in [0.717, 1.165) is 24.4 Å². The second kappa shape index (κ2) is 8.10. The van der Waals surface area contributed by atoms with Crippen LogP contribution < -0.4 is 5.32 Å². The number of aromatic amines is 1. The van der Waals surface area contributed by atoms with Gasteiger partial charge in [-0.3, -0.25) is 9.89 Å². The first-order valence-corrected chi connectivity index (χ1v) is 8.10. The highest BCUT2D eigenvalue weighted by atomic mass is 16.1. The molecule has 0 saturated carbocycles. The summed E-state index contributed by atoms with van der Waals surface area (Å²) in [5.41, 5.74) is 1.10. The van der Waals surface area contributed by atoms with Crippen molar-refractivity contribution in [1.29, 1.82) is 0 Å². The third kappa shape index (κ3) is 4.32. The van der Waals surface area contributed by atoms with Crippen molar-refractivity contribution in [3.05, 3.63) is 72.6 Å². The zero-order valence-electron chi connectivity index (χ0n) is 13.4. The summed E-state index contributed by atoms with van der Waals surface area (Å²) in [5, 5.41) is 9.84. The number of amides is 1. The summed E-state index contributed by atoms with van der Waals surface area (Å²) < 4.78 is 2.08. The molecule has 24 heavy (non-hydrogen) atoms. The molecule has 0 saturated heterocycles. The average Bonchev–Trinajstić information content (AvgIpc) is 3.30. The Labute approximate surface area is 140 Å². The summed E-state index contributed by atoms with van der Waals surface area (Å²) in [6.07, 6.45) is 6.83. The summed E-state index contributed by atoms with van der Waals surface area (Å²) >= 11 is 0. The predicted octanol–water partition coefficient (Wildman–Crippen LogP) is 2.33. The molecule has 1 aromatic carbocycles. The molecule has 0 aliphatic heterocycles. The summed E-state index contributed by atoms with van der Waals surface area (Å²) in [6, 6.07) is 14.0. The van der Waals surface area contributed by atoms with Gasteiger partial charge >= 0.3 is 0 Å². The molecule has 124 valence electrons. The van der Waals surface area contributed by atoms with Gasteiger partial charge in [0.2, 0.25) is 5.91 Å². The number of H-pyrrole nitrogens is 1. The van der Waals surface area contributed by atoms with Gasteiger partial charge < -0.3 is 9.88 Å². The van der Waals surface area contributed by atoms with Crippen molar-refractivity contribution in [1.82, 2.24) is 25.1 Å². The maximum Gasteiger partial charge on any atom is 0.220 e. The van der Waals surface area contributed by atoms with Crippen molar-refractivity contribution in [2.24, 2.45) is 0 Å². The van der Waals surface area contributed by atoms with Crippen LogP contribution in [-0.4, -0.2) is 32.2 Å². The molecular weight excluding hydrogens is 302 g/mol. The second-order valence-corrected chi connectivity index (χ2v) is 5.66. The first-order valence-electron chi connectivity index (χ1n) is 8.10. The summed E-state index contributed by atoms with van der Waals surface area (Å²) in [7, 11) is 0. The average molecular weight is 323 g/mol. The Morgan fingerprint density at radius 3 is 2.67 bits per heavy atom. The first-order chi connectivity index (χ1) is 11.8. The lowest BCUT2D eigenvalue weighted by molar-refractivity contribution is -0.121. The van der Waals surface area contributed by atoms with E-state index in [9.17, 15) is 4.79 Å². The number of benzene rings is 1. The molecule has 6 heteroatoms. The minimum Gasteiger partial charge on any atom is -0.355 e. The number of nitrogens with zero attached hydrogens (tertiary/aromatic N) is 3. The van der Waals surface area contributed by atoms with Crippen molar-refractivity contribution in [2.75, 3.05) is 6.54 Å². The van der Waals surface area contributed by atoms with Gasteiger partial charge in [-0.05, 0) is 24.1 Å². The lowest BCUT2D eigenvalue weighted by atomic mass is 9.98. The fourth-order valence-corrected chi connectivity index (χ4v) is 2.69. The molecule has 0 bridgehead atoms. The second-order valence-electron chi connectivity index (χ2n) is 5.66. The highest BCUT2D eigenvalue weighted by molar-refractivity contribution is 5.75. The third-order valence-corrected chi connectivity index (χ3v) is 3.96. The van der Waals surface area contributed by atoms with Crippen molar-refractivity contribution in [2.45, 2.75) is 25.3 Å². The number of rotatable bonds is 8. The van der Waals surface area contributed by atoms with Crippen LogP contribution in [0.5, 0.6) is 0 Å². The Bertz CT molecular complexity index is 722. The molecule has 1 atom stereocenters. The minimum absolute atomic E-state index is 0.0258. The lowest BCUT2D eigenvalue weighted by Crippen LogP contribution is -2.29. The van der Waals surface area contributed by atoms with Crippen molar-refractivity contribution < 1.29 is 4.79 Å². The van der Waals surface area contributed by atoms with Crippen LogP contribution in [0.4, 0.5) is 0 Å². The molecule has 3 aromatic rings. The molecule has 0 aliphatic carbocycles. The van der Waals surface area contributed by atoms with E-state index in [0.29, 0.717) is 13.0 Å². The third-order valence-electron chi connectivity index (χ3n) is 3.96. The van der Waals surface area contributed by atoms with Crippen LogP contribution in [0.1, 0.15) is 30.1 Å². The van der Waals surface area contributed by atoms with Crippen LogP contribution >= 0.6 is 0 Å². The van der Waals surface area contributed by atoms with Gasteiger partial charge in [0.1, 0.15) is 12.2 Å². The molecule has 2 heterocycles. The summed E-state index contributed by atoms with van der Waals surface area (Å²) in [5.74, 6) is 0.790. The number of hydrogen-bond acceptors (Lipinski definition) is 3. The molecule has 1 unspecified atom stereocenters. The zero-order valence-corrected chi connectivity index (χ0v) is 13.4. The van der Waals surface area contributed by atoms with Gasteiger partial charge in [-0.2, -0.15) is 5.10 Å². The van der Waals surface area contributed by atoms with Crippen LogP contribution in [0, 0.1) is 0 Å². The highest BCUT2D eigenvalue weighted by Gasteiger charge is 2.17. The molecular formula is C18H21N5O. The van der Waals surface area contributed by atoms with Gasteiger partial charge in [0.05, 0.1) is 5.92 Å². The van der Waals surface area contributed by atoms with Gasteiger partial charge in [-0.15, -0.1) is 0 Å². The first kappa shape index (κ1) is 16.0. The van der Waals surface area contributed by atoms with Gasteiger partial charge in [-0.1, -0.05) is 30.3 Å². The van der Waals surface area contributed by atoms with E-state index in [-0.39, 0.29) is 11.8 Å². The van der Waals surface area contributed by atoms with Crippen LogP contribution in [0.15, 0.2) is 61.2 Å². The van der Waals surface area contributed by atoms with Crippen LogP contribution in [-0.2, 0) is 11.3 Å². The Kier molecular flexibility index (Phi) is 5.40. The van der Waals surface area contributed by atoms with Gasteiger partial charge in [0, 0.05) is 31.9 Å². The zero-order chi connectivity index (χ0) is 16.6. The van der Waals surface area contributed by atoms with Crippen LogP contribution in [0.25, 0.3) is 0 Å². The molecule has 2 aromatic heterocycles. The summed E-state index contributed by atoms with van der Waals surface area (Å²) in [6.45, 7) is 1.35. The van der Waals surface area contributed by atoms with E-state index in [1.807, 2.05) is 54.9 Å². The number of aryl methyl sites for hydroxylation is 1. The van der Waals surface area contributed by atoms with Crippen molar-refractivity contribution >= 4 is 5.91 Å². The Balaban J connectivity index is 1.53. The number of carbonyl (C=O) groups is 1. The molecule has 0 fully saturated rings. The topological polar surface area (TPSA) is 75.6 Å². The minimum atomic E-state index is -0.0258. The quantitative estimate of drug-likeness (QED) is 0.668. The molecule has 3 rings (SSSR count). The van der Waals surface area contributed by atoms with E-state index in [1.165, 1.54) is 6.33 Å². The maximum absolute atomic E-state index is 12.1. The maximum atomic E-state index is 12.1. The van der Waals surface area contributed by atoms with E-state index in [4.69, 9.17) is 0 Å². The van der Waals surface area contributed by atoms with Gasteiger partial charge in [0.25, 0.3) is 0 Å². The van der Waals surface area contributed by atoms with Gasteiger partial charge in [0.15, 0.2) is 0 Å². The normalized spacial score (nSPS) is 12.0. The molecule has 1 amide bonds. The van der Waals surface area contributed by atoms with Gasteiger partial charge in [-0.25, -0.2) is 4.98 Å². The predicted molar refractivity (Wildman–Crippen MR) is 91.3 cm³/mol. The summed E-state index contributed by atoms with van der Waals surface area (Å²) in [4.78, 5) is 16.4. The lowest BCUT2D eigenvalue weighted by Gasteiger charge is -2.15. The largest absolute Gasteiger partial charge is 0.355 e. The standard InChI is InChI=1S/C18H21N5O/c24-17(9-6-12-23-10-4-5-11-23)19-13-16(18-20-14-21-22-18)15-7-2-1-3-8-15/h1-5,7-8,10-11,14,16H,6,9,12-13H2,(H,19,24)(H,20,21,22). The van der Waals surface area contributed by atoms with E-state index >= 15 is 0 Å². The Morgan fingerprint density at radius 1 is 1.17 bits per heavy atom. The van der Waals surface area contributed by atoms with E-state index in [1.54, 1.807) is 0 Å². The number of carbonyl (C=O) groups excluding carboxylic acids is 1. The fraction of sp³-hybridized carbons (Fsp3) is 0.278. The SMILES string of the molecule is O=C(CCCn1cccc1)NCC(c1ccccc1)c1ncn[nH]1. The monoisotopic (exact) mass is 323 g/mol. The molecule has 0 spiro atoms. The molecule has 2 N–H and O–H groups in total. The molecule has 6 nitrogen and oxygen atoms in total. The van der Waals surface area contributed by atoms with Crippen LogP contribution in [0.3, 0.4) is 0 Å². The molecule has 0 radical (unpaired) electrons. The molecule has 0 aliphatic rings. The number of hydrogen-bond donors (Lipinski definition) is 2. The van der Waals surface area contributed by atoms with Crippen molar-refractivity contribution in [3.8, 4) is 0 Å². The Hall–Kier alpha value is -2.89. The van der Waals surface area contributed by atoms with Crippen molar-refractivity contribution in [3.63, 3.8) is 0 Å². The number of nitrogens with one attached hydrogen (secondary N) is 2. The smallest absolute Gasteiger partial charge is 0.220 e. The fourth-order valence-electron chi connectivity index (χ4n) is 2.69. The van der Waals surface area contributed by atoms with Crippen LogP contribution in [0.2, 0.25) is 0 Å².